The molecule has 0 fully saturated rings. The predicted molar refractivity (Wildman–Crippen MR) is 130 cm³/mol. The van der Waals surface area contributed by atoms with Crippen LogP contribution < -0.4 is 0 Å². The van der Waals surface area contributed by atoms with Crippen LogP contribution in [0.4, 0.5) is 17.3 Å². The van der Waals surface area contributed by atoms with Gasteiger partial charge in [0.25, 0.3) is 0 Å². The monoisotopic (exact) mass is 514 g/mol. The molecular weight excluding hydrogens is 501 g/mol. The Morgan fingerprint density at radius 2 is 0.750 bits per heavy atom. The van der Waals surface area contributed by atoms with Crippen LogP contribution >= 0.6 is 46.1 Å². The van der Waals surface area contributed by atoms with Crippen molar-refractivity contribution in [2.75, 3.05) is 0 Å². The van der Waals surface area contributed by atoms with Gasteiger partial charge in [-0.2, -0.15) is 0 Å². The predicted octanol–water partition coefficient (Wildman–Crippen LogP) is 10.3. The Kier molecular flexibility index (Phi) is 8.18. The van der Waals surface area contributed by atoms with Crippen LogP contribution in [0.3, 0.4) is 0 Å². The summed E-state index contributed by atoms with van der Waals surface area (Å²) in [5.41, 5.74) is 4.53. The van der Waals surface area contributed by atoms with Gasteiger partial charge in [0.1, 0.15) is 0 Å². The molecule has 0 N–H and O–H groups in total. The lowest BCUT2D eigenvalue weighted by Crippen LogP contribution is -2.02. The molecule has 4 aromatic rings. The summed E-state index contributed by atoms with van der Waals surface area (Å²) in [7, 11) is -6.00. The molecule has 0 aliphatic heterocycles. The summed E-state index contributed by atoms with van der Waals surface area (Å²) in [6.07, 6.45) is 0. The zero-order chi connectivity index (χ0) is 23.3. The molecule has 0 saturated heterocycles. The van der Waals surface area contributed by atoms with Crippen LogP contribution in [0, 0.1) is 0 Å². The van der Waals surface area contributed by atoms with Gasteiger partial charge in [-0.25, -0.2) is 0 Å². The smallest absolute Gasteiger partial charge is 0.418 e. The summed E-state index contributed by atoms with van der Waals surface area (Å²) in [5.74, 6) is 0. The van der Waals surface area contributed by atoms with Crippen molar-refractivity contribution in [2.45, 2.75) is 0 Å². The zero-order valence-electron chi connectivity index (χ0n) is 16.2. The van der Waals surface area contributed by atoms with E-state index in [2.05, 4.69) is 12.1 Å². The fourth-order valence-electron chi connectivity index (χ4n) is 2.82. The molecular formula is C23H14BCl3F4S. The van der Waals surface area contributed by atoms with Gasteiger partial charge in [-0.3, -0.25) is 0 Å². The van der Waals surface area contributed by atoms with E-state index in [1.807, 2.05) is 72.8 Å². The minimum absolute atomic E-state index is 0.730. The van der Waals surface area contributed by atoms with Crippen LogP contribution in [0.15, 0.2) is 84.9 Å². The number of benzene rings is 3. The Labute approximate surface area is 202 Å². The van der Waals surface area contributed by atoms with E-state index in [-0.39, 0.29) is 0 Å². The zero-order valence-corrected chi connectivity index (χ0v) is 19.3. The van der Waals surface area contributed by atoms with E-state index < -0.39 is 7.25 Å². The van der Waals surface area contributed by atoms with E-state index in [1.165, 1.54) is 9.75 Å². The molecule has 0 bridgehead atoms. The second-order valence-electron chi connectivity index (χ2n) is 6.59. The molecule has 0 amide bonds. The third kappa shape index (κ3) is 7.49. The van der Waals surface area contributed by atoms with Crippen molar-refractivity contribution in [3.8, 4) is 32.0 Å². The number of hydrogen-bond acceptors (Lipinski definition) is 0. The van der Waals surface area contributed by atoms with Crippen molar-refractivity contribution in [3.63, 3.8) is 0 Å². The summed E-state index contributed by atoms with van der Waals surface area (Å²) < 4.78 is 39.0. The third-order valence-corrected chi connectivity index (χ3v) is 6.13. The van der Waals surface area contributed by atoms with Gasteiger partial charge in [0.05, 0.1) is 0 Å². The van der Waals surface area contributed by atoms with Crippen LogP contribution in [0.2, 0.25) is 15.1 Å². The van der Waals surface area contributed by atoms with E-state index >= 15 is 0 Å². The Hall–Kier alpha value is -2.12. The molecule has 0 nitrogen and oxygen atoms in total. The summed E-state index contributed by atoms with van der Waals surface area (Å²) in [4.78, 5) is 2.34. The summed E-state index contributed by atoms with van der Waals surface area (Å²) in [6, 6.07) is 28.2. The normalized spacial score (nSPS) is 11.0. The van der Waals surface area contributed by atoms with E-state index in [4.69, 9.17) is 34.8 Å². The molecule has 0 aliphatic carbocycles. The lowest BCUT2D eigenvalue weighted by Gasteiger charge is -2.04. The second-order valence-corrected chi connectivity index (χ2v) is 8.98. The lowest BCUT2D eigenvalue weighted by atomic mass is 10.0. The van der Waals surface area contributed by atoms with Crippen molar-refractivity contribution in [1.82, 2.24) is 0 Å². The highest BCUT2D eigenvalue weighted by atomic mass is 35.5. The molecule has 0 radical (unpaired) electrons. The number of halogens is 7. The molecule has 4 rings (SSSR count). The maximum absolute atomic E-state index is 9.75. The first kappa shape index (κ1) is 24.5. The van der Waals surface area contributed by atoms with Crippen LogP contribution in [-0.4, -0.2) is 7.25 Å². The average Bonchev–Trinajstić information content (AvgIpc) is 2.74. The fraction of sp³-hybridized carbons (Fsp3) is 0. The van der Waals surface area contributed by atoms with Crippen molar-refractivity contribution >= 4 is 53.4 Å². The highest BCUT2D eigenvalue weighted by molar-refractivity contribution is 7.18. The van der Waals surface area contributed by atoms with E-state index in [0.29, 0.717) is 0 Å². The minimum atomic E-state index is -6.00. The second kappa shape index (κ2) is 10.7. The van der Waals surface area contributed by atoms with Gasteiger partial charge in [0.2, 0.25) is 21.1 Å². The third-order valence-electron chi connectivity index (χ3n) is 4.23. The van der Waals surface area contributed by atoms with Crippen molar-refractivity contribution < 1.29 is 17.3 Å². The Morgan fingerprint density at radius 3 is 1.06 bits per heavy atom. The molecule has 0 unspecified atom stereocenters. The van der Waals surface area contributed by atoms with Gasteiger partial charge in [-0.1, -0.05) is 46.9 Å². The SMILES string of the molecule is Clc1ccc(-c2cc(-c3ccc(Cl)cc3)[s+]c(-c3ccc(Cl)cc3)c2)cc1.F[B-](F)(F)F. The minimum Gasteiger partial charge on any atom is -0.418 e. The van der Waals surface area contributed by atoms with Gasteiger partial charge in [-0.15, -0.1) is 0 Å². The van der Waals surface area contributed by atoms with Crippen molar-refractivity contribution in [3.05, 3.63) is 100.0 Å². The highest BCUT2D eigenvalue weighted by Crippen LogP contribution is 2.38. The van der Waals surface area contributed by atoms with Gasteiger partial charge < -0.3 is 17.3 Å². The Bertz CT molecular complexity index is 1020. The molecule has 0 spiro atoms. The van der Waals surface area contributed by atoms with E-state index in [1.54, 1.807) is 11.3 Å². The van der Waals surface area contributed by atoms with Gasteiger partial charge >= 0.3 is 7.25 Å². The maximum Gasteiger partial charge on any atom is 0.673 e. The fourth-order valence-corrected chi connectivity index (χ4v) is 4.32. The molecule has 3 aromatic carbocycles. The number of hydrogen-bond donors (Lipinski definition) is 0. The largest absolute Gasteiger partial charge is 0.673 e. The van der Waals surface area contributed by atoms with Gasteiger partial charge in [0.15, 0.2) is 0 Å². The standard InChI is InChI=1S/C23H14Cl3S.BF4/c24-19-7-1-15(2-8-19)18-13-22(16-3-9-20(25)10-4-16)27-23(14-18)17-5-11-21(26)12-6-17;2-1(3,4)5/h1-14H;/q+1;-1. The van der Waals surface area contributed by atoms with Crippen LogP contribution in [-0.2, 0) is 0 Å². The topological polar surface area (TPSA) is 0 Å². The van der Waals surface area contributed by atoms with Gasteiger partial charge in [-0.05, 0) is 71.8 Å². The average molecular weight is 516 g/mol. The van der Waals surface area contributed by atoms with Crippen molar-refractivity contribution in [2.24, 2.45) is 0 Å². The Morgan fingerprint density at radius 1 is 0.469 bits per heavy atom. The molecule has 1 heterocycles. The van der Waals surface area contributed by atoms with E-state index in [0.717, 1.165) is 37.3 Å². The van der Waals surface area contributed by atoms with Crippen LogP contribution in [0.1, 0.15) is 0 Å². The maximum atomic E-state index is 9.75. The van der Waals surface area contributed by atoms with Crippen molar-refractivity contribution in [1.29, 1.82) is 0 Å². The lowest BCUT2D eigenvalue weighted by molar-refractivity contribution is 0.368. The summed E-state index contributed by atoms with van der Waals surface area (Å²) >= 11 is 19.9. The number of rotatable bonds is 3. The molecule has 0 atom stereocenters. The first-order valence-electron chi connectivity index (χ1n) is 9.22. The Balaban J connectivity index is 0.000000523. The first-order valence-corrected chi connectivity index (χ1v) is 11.2. The quantitative estimate of drug-likeness (QED) is 0.145. The summed E-state index contributed by atoms with van der Waals surface area (Å²) in [5, 5.41) is 2.19. The van der Waals surface area contributed by atoms with Gasteiger partial charge in [0, 0.05) is 38.3 Å². The molecule has 32 heavy (non-hydrogen) atoms. The molecule has 1 aromatic heterocycles. The highest BCUT2D eigenvalue weighted by Gasteiger charge is 2.21. The molecule has 0 saturated carbocycles. The first-order chi connectivity index (χ1) is 15.1. The van der Waals surface area contributed by atoms with Crippen LogP contribution in [0.5, 0.6) is 0 Å². The van der Waals surface area contributed by atoms with E-state index in [9.17, 15) is 17.3 Å². The molecule has 0 aliphatic rings. The summed E-state index contributed by atoms with van der Waals surface area (Å²) in [6.45, 7) is 0. The molecule has 164 valence electrons. The van der Waals surface area contributed by atoms with Crippen LogP contribution in [0.25, 0.3) is 32.0 Å². The molecule has 9 heteroatoms.